The Morgan fingerprint density at radius 1 is 1.10 bits per heavy atom. The van der Waals surface area contributed by atoms with Crippen molar-refractivity contribution < 1.29 is 23.0 Å². The number of methoxy groups -OCH3 is 1. The van der Waals surface area contributed by atoms with E-state index in [0.29, 0.717) is 18.4 Å². The SMILES string of the molecule is COc1ccc(CN2C3CCC2CC(O)(c2ccc(Cl)c(C(F)(F)F)c2)C3)c(C)c1C. The lowest BCUT2D eigenvalue weighted by Crippen LogP contribution is -2.49. The van der Waals surface area contributed by atoms with Gasteiger partial charge in [0.2, 0.25) is 0 Å². The fraction of sp³-hybridized carbons (Fsp3) is 0.500. The fourth-order valence-electron chi connectivity index (χ4n) is 5.28. The molecule has 0 spiro atoms. The number of hydrogen-bond acceptors (Lipinski definition) is 3. The van der Waals surface area contributed by atoms with E-state index in [1.807, 2.05) is 13.0 Å². The zero-order valence-electron chi connectivity index (χ0n) is 17.9. The van der Waals surface area contributed by atoms with Crippen LogP contribution in [0, 0.1) is 13.8 Å². The van der Waals surface area contributed by atoms with Gasteiger partial charge in [-0.25, -0.2) is 0 Å². The molecule has 2 saturated heterocycles. The Kier molecular flexibility index (Phi) is 5.78. The first kappa shape index (κ1) is 22.4. The first-order valence-corrected chi connectivity index (χ1v) is 10.9. The van der Waals surface area contributed by atoms with Crippen molar-refractivity contribution in [2.75, 3.05) is 7.11 Å². The second-order valence-corrected chi connectivity index (χ2v) is 9.27. The van der Waals surface area contributed by atoms with E-state index in [-0.39, 0.29) is 17.1 Å². The van der Waals surface area contributed by atoms with Crippen LogP contribution in [0.2, 0.25) is 5.02 Å². The fourth-order valence-corrected chi connectivity index (χ4v) is 5.51. The standard InChI is InChI=1S/C24H27ClF3NO2/c1-14-15(2)22(31-3)9-4-16(14)13-29-18-6-7-19(29)12-23(30,11-18)17-5-8-21(25)20(10-17)24(26,27)28/h4-5,8-10,18-19,30H,6-7,11-13H2,1-3H3. The summed E-state index contributed by atoms with van der Waals surface area (Å²) in [6.45, 7) is 4.89. The van der Waals surface area contributed by atoms with Gasteiger partial charge in [-0.2, -0.15) is 13.2 Å². The van der Waals surface area contributed by atoms with Gasteiger partial charge in [0.25, 0.3) is 0 Å². The largest absolute Gasteiger partial charge is 0.496 e. The second kappa shape index (κ2) is 7.98. The van der Waals surface area contributed by atoms with Crippen molar-refractivity contribution in [2.45, 2.75) is 69.9 Å². The van der Waals surface area contributed by atoms with E-state index in [1.54, 1.807) is 7.11 Å². The summed E-state index contributed by atoms with van der Waals surface area (Å²) in [7, 11) is 1.66. The molecule has 1 N–H and O–H groups in total. The third-order valence-electron chi connectivity index (χ3n) is 7.15. The number of nitrogens with zero attached hydrogens (tertiary/aromatic N) is 1. The van der Waals surface area contributed by atoms with E-state index in [0.717, 1.165) is 36.8 Å². The van der Waals surface area contributed by atoms with Crippen LogP contribution >= 0.6 is 11.6 Å². The minimum Gasteiger partial charge on any atom is -0.496 e. The molecule has 0 saturated carbocycles. The van der Waals surface area contributed by atoms with Gasteiger partial charge in [0.05, 0.1) is 23.3 Å². The van der Waals surface area contributed by atoms with E-state index < -0.39 is 17.3 Å². The molecule has 2 aliphatic rings. The highest BCUT2D eigenvalue weighted by Crippen LogP contribution is 2.48. The molecule has 2 unspecified atom stereocenters. The predicted octanol–water partition coefficient (Wildman–Crippen LogP) is 6.00. The second-order valence-electron chi connectivity index (χ2n) is 8.87. The zero-order valence-corrected chi connectivity index (χ0v) is 18.6. The molecule has 2 heterocycles. The third kappa shape index (κ3) is 4.06. The molecule has 168 valence electrons. The number of aliphatic hydroxyl groups is 1. The maximum Gasteiger partial charge on any atom is 0.417 e. The van der Waals surface area contributed by atoms with Crippen LogP contribution in [0.4, 0.5) is 13.2 Å². The van der Waals surface area contributed by atoms with Crippen LogP contribution in [0.15, 0.2) is 30.3 Å². The molecule has 0 aromatic heterocycles. The molecule has 2 aromatic rings. The summed E-state index contributed by atoms with van der Waals surface area (Å²) in [5, 5.41) is 11.1. The Morgan fingerprint density at radius 3 is 2.32 bits per heavy atom. The van der Waals surface area contributed by atoms with Crippen molar-refractivity contribution in [3.63, 3.8) is 0 Å². The molecular weight excluding hydrogens is 427 g/mol. The van der Waals surface area contributed by atoms with Gasteiger partial charge in [-0.15, -0.1) is 0 Å². The maximum absolute atomic E-state index is 13.3. The molecule has 2 aliphatic heterocycles. The van der Waals surface area contributed by atoms with Crippen LogP contribution in [0.1, 0.15) is 53.5 Å². The average molecular weight is 454 g/mol. The lowest BCUT2D eigenvalue weighted by atomic mass is 9.79. The quantitative estimate of drug-likeness (QED) is 0.616. The van der Waals surface area contributed by atoms with E-state index in [9.17, 15) is 18.3 Å². The van der Waals surface area contributed by atoms with E-state index in [4.69, 9.17) is 16.3 Å². The van der Waals surface area contributed by atoms with Gasteiger partial charge in [0.1, 0.15) is 5.75 Å². The number of rotatable bonds is 4. The van der Waals surface area contributed by atoms with Gasteiger partial charge in [-0.05, 0) is 80.0 Å². The smallest absolute Gasteiger partial charge is 0.417 e. The highest BCUT2D eigenvalue weighted by molar-refractivity contribution is 6.31. The van der Waals surface area contributed by atoms with Crippen LogP contribution < -0.4 is 4.74 Å². The van der Waals surface area contributed by atoms with Crippen LogP contribution in [0.3, 0.4) is 0 Å². The molecule has 2 bridgehead atoms. The summed E-state index contributed by atoms with van der Waals surface area (Å²) in [5.41, 5.74) is 1.65. The van der Waals surface area contributed by atoms with Crippen LogP contribution in [-0.2, 0) is 18.3 Å². The Labute approximate surface area is 185 Å². The molecule has 4 rings (SSSR count). The number of ether oxygens (including phenoxy) is 1. The minimum atomic E-state index is -4.55. The van der Waals surface area contributed by atoms with Gasteiger partial charge in [0.15, 0.2) is 0 Å². The van der Waals surface area contributed by atoms with Gasteiger partial charge in [-0.1, -0.05) is 23.7 Å². The zero-order chi connectivity index (χ0) is 22.6. The molecule has 2 aromatic carbocycles. The first-order chi connectivity index (χ1) is 14.5. The molecule has 7 heteroatoms. The molecule has 2 fully saturated rings. The van der Waals surface area contributed by atoms with E-state index in [1.165, 1.54) is 23.3 Å². The Bertz CT molecular complexity index is 978. The van der Waals surface area contributed by atoms with Gasteiger partial charge in [0, 0.05) is 18.6 Å². The summed E-state index contributed by atoms with van der Waals surface area (Å²) >= 11 is 5.78. The number of halogens is 4. The molecule has 2 atom stereocenters. The summed E-state index contributed by atoms with van der Waals surface area (Å²) < 4.78 is 45.4. The van der Waals surface area contributed by atoms with Gasteiger partial charge >= 0.3 is 6.18 Å². The van der Waals surface area contributed by atoms with Crippen LogP contribution in [0.25, 0.3) is 0 Å². The molecule has 3 nitrogen and oxygen atoms in total. The molecular formula is C24H27ClF3NO2. The summed E-state index contributed by atoms with van der Waals surface area (Å²) in [4.78, 5) is 2.41. The molecule has 31 heavy (non-hydrogen) atoms. The summed E-state index contributed by atoms with van der Waals surface area (Å²) in [6, 6.07) is 8.10. The van der Waals surface area contributed by atoms with Gasteiger partial charge < -0.3 is 9.84 Å². The van der Waals surface area contributed by atoms with Crippen molar-refractivity contribution in [1.29, 1.82) is 0 Å². The number of hydrogen-bond donors (Lipinski definition) is 1. The van der Waals surface area contributed by atoms with Crippen molar-refractivity contribution in [2.24, 2.45) is 0 Å². The van der Waals surface area contributed by atoms with E-state index in [2.05, 4.69) is 17.9 Å². The molecule has 0 amide bonds. The average Bonchev–Trinajstić information content (AvgIpc) is 2.94. The van der Waals surface area contributed by atoms with Crippen molar-refractivity contribution >= 4 is 11.6 Å². The maximum atomic E-state index is 13.3. The lowest BCUT2D eigenvalue weighted by molar-refractivity contribution is -0.137. The highest BCUT2D eigenvalue weighted by atomic mass is 35.5. The molecule has 0 aliphatic carbocycles. The lowest BCUT2D eigenvalue weighted by Gasteiger charge is -2.44. The van der Waals surface area contributed by atoms with Crippen LogP contribution in [-0.4, -0.2) is 29.2 Å². The normalized spacial score (nSPS) is 26.3. The van der Waals surface area contributed by atoms with Crippen molar-refractivity contribution in [3.8, 4) is 5.75 Å². The van der Waals surface area contributed by atoms with E-state index >= 15 is 0 Å². The Morgan fingerprint density at radius 2 is 1.74 bits per heavy atom. The predicted molar refractivity (Wildman–Crippen MR) is 114 cm³/mol. The first-order valence-electron chi connectivity index (χ1n) is 10.5. The number of benzene rings is 2. The number of alkyl halides is 3. The summed E-state index contributed by atoms with van der Waals surface area (Å²) in [6.07, 6.45) is -1.86. The monoisotopic (exact) mass is 453 g/mol. The highest BCUT2D eigenvalue weighted by Gasteiger charge is 2.49. The van der Waals surface area contributed by atoms with Crippen molar-refractivity contribution in [1.82, 2.24) is 4.90 Å². The Balaban J connectivity index is 1.58. The van der Waals surface area contributed by atoms with Crippen molar-refractivity contribution in [3.05, 3.63) is 63.2 Å². The molecule has 0 radical (unpaired) electrons. The number of piperidine rings is 1. The van der Waals surface area contributed by atoms with Gasteiger partial charge in [-0.3, -0.25) is 4.90 Å². The Hall–Kier alpha value is -1.76. The number of fused-ring (bicyclic) bond motifs is 2. The minimum absolute atomic E-state index is 0.121. The summed E-state index contributed by atoms with van der Waals surface area (Å²) in [5.74, 6) is 0.862. The topological polar surface area (TPSA) is 32.7 Å². The third-order valence-corrected chi connectivity index (χ3v) is 7.48. The van der Waals surface area contributed by atoms with Crippen LogP contribution in [0.5, 0.6) is 5.75 Å².